The first-order valence-corrected chi connectivity index (χ1v) is 11.7. The van der Waals surface area contributed by atoms with E-state index >= 15 is 0 Å². The van der Waals surface area contributed by atoms with Gasteiger partial charge in [0.05, 0.1) is 4.90 Å². The molecule has 4 amide bonds. The van der Waals surface area contributed by atoms with Crippen LogP contribution in [0.3, 0.4) is 0 Å². The number of nitrogens with one attached hydrogen (secondary N) is 3. The first-order valence-electron chi connectivity index (χ1n) is 10.2. The van der Waals surface area contributed by atoms with Crippen LogP contribution in [0.4, 0.5) is 10.5 Å². The lowest BCUT2D eigenvalue weighted by molar-refractivity contribution is 0.0846. The highest BCUT2D eigenvalue weighted by Crippen LogP contribution is 2.22. The maximum Gasteiger partial charge on any atom is 0.321 e. The Bertz CT molecular complexity index is 1160. The highest BCUT2D eigenvalue weighted by molar-refractivity contribution is 7.89. The van der Waals surface area contributed by atoms with Gasteiger partial charge in [0.25, 0.3) is 11.8 Å². The minimum absolute atomic E-state index is 0.0370. The fourth-order valence-corrected chi connectivity index (χ4v) is 5.23. The van der Waals surface area contributed by atoms with Gasteiger partial charge in [-0.3, -0.25) is 25.3 Å². The van der Waals surface area contributed by atoms with Crippen LogP contribution in [-0.2, 0) is 10.0 Å². The minimum Gasteiger partial charge on any atom is -0.336 e. The fourth-order valence-electron chi connectivity index (χ4n) is 3.67. The van der Waals surface area contributed by atoms with Crippen molar-refractivity contribution in [3.8, 4) is 0 Å². The molecule has 0 unspecified atom stereocenters. The van der Waals surface area contributed by atoms with Gasteiger partial charge in [-0.05, 0) is 49.2 Å². The summed E-state index contributed by atoms with van der Waals surface area (Å²) >= 11 is 0. The van der Waals surface area contributed by atoms with Crippen LogP contribution in [-0.4, -0.2) is 56.7 Å². The molecule has 3 N–H and O–H groups in total. The van der Waals surface area contributed by atoms with Crippen molar-refractivity contribution in [3.63, 3.8) is 0 Å². The summed E-state index contributed by atoms with van der Waals surface area (Å²) in [6.07, 6.45) is 1.63. The quantitative estimate of drug-likeness (QED) is 0.579. The van der Waals surface area contributed by atoms with Gasteiger partial charge in [-0.25, -0.2) is 13.2 Å². The molecule has 0 radical (unpaired) electrons. The number of carbonyl (C=O) groups is 3. The molecule has 2 aliphatic heterocycles. The normalized spacial score (nSPS) is 16.6. The minimum atomic E-state index is -3.66. The molecule has 2 aromatic carbocycles. The maximum absolute atomic E-state index is 12.7. The van der Waals surface area contributed by atoms with Crippen LogP contribution in [0.2, 0.25) is 0 Å². The number of carbonyl (C=O) groups excluding carboxylic acids is 3. The second-order valence-corrected chi connectivity index (χ2v) is 9.42. The topological polar surface area (TPSA) is 128 Å². The van der Waals surface area contributed by atoms with E-state index < -0.39 is 21.8 Å². The summed E-state index contributed by atoms with van der Waals surface area (Å²) < 4.78 is 26.8. The highest BCUT2D eigenvalue weighted by Gasteiger charge is 2.27. The molecule has 0 aliphatic carbocycles. The Kier molecular flexibility index (Phi) is 6.10. The van der Waals surface area contributed by atoms with Gasteiger partial charge in [-0.1, -0.05) is 12.1 Å². The Hall–Kier alpha value is -3.44. The van der Waals surface area contributed by atoms with Crippen molar-refractivity contribution in [2.75, 3.05) is 31.1 Å². The molecule has 10 nitrogen and oxygen atoms in total. The van der Waals surface area contributed by atoms with Gasteiger partial charge in [-0.15, -0.1) is 0 Å². The third-order valence-electron chi connectivity index (χ3n) is 5.37. The van der Waals surface area contributed by atoms with Gasteiger partial charge in [0.2, 0.25) is 10.0 Å². The van der Waals surface area contributed by atoms with Crippen LogP contribution in [0.15, 0.2) is 53.4 Å². The van der Waals surface area contributed by atoms with Crippen molar-refractivity contribution in [2.24, 2.45) is 0 Å². The molecular weight excluding hydrogens is 434 g/mol. The molecule has 2 fully saturated rings. The predicted octanol–water partition coefficient (Wildman–Crippen LogP) is 1.08. The lowest BCUT2D eigenvalue weighted by Gasteiger charge is -2.16. The SMILES string of the molecule is O=C(NNC(=O)c1cccc(S(=O)(=O)N2CCCC2)c1)c1cccc(N2CCNC2=O)c1. The molecule has 11 heteroatoms. The Morgan fingerprint density at radius 2 is 1.50 bits per heavy atom. The first kappa shape index (κ1) is 21.8. The number of anilines is 1. The molecule has 4 rings (SSSR count). The molecule has 0 bridgehead atoms. The van der Waals surface area contributed by atoms with Crippen molar-refractivity contribution >= 4 is 33.6 Å². The number of rotatable bonds is 5. The Morgan fingerprint density at radius 1 is 0.875 bits per heavy atom. The summed E-state index contributed by atoms with van der Waals surface area (Å²) in [5, 5.41) is 2.69. The van der Waals surface area contributed by atoms with E-state index in [0.717, 1.165) is 12.8 Å². The zero-order chi connectivity index (χ0) is 22.7. The molecule has 0 spiro atoms. The van der Waals surface area contributed by atoms with Crippen molar-refractivity contribution in [1.82, 2.24) is 20.5 Å². The van der Waals surface area contributed by atoms with E-state index in [1.807, 2.05) is 0 Å². The lowest BCUT2D eigenvalue weighted by atomic mass is 10.2. The molecule has 0 atom stereocenters. The summed E-state index contributed by atoms with van der Waals surface area (Å²) in [5.41, 5.74) is 5.56. The Morgan fingerprint density at radius 3 is 2.12 bits per heavy atom. The van der Waals surface area contributed by atoms with Gasteiger partial charge >= 0.3 is 6.03 Å². The molecule has 2 heterocycles. The zero-order valence-corrected chi connectivity index (χ0v) is 18.0. The van der Waals surface area contributed by atoms with Crippen LogP contribution in [0, 0.1) is 0 Å². The number of hydrazine groups is 1. The van der Waals surface area contributed by atoms with Gasteiger partial charge in [-0.2, -0.15) is 4.31 Å². The number of hydrogen-bond acceptors (Lipinski definition) is 5. The van der Waals surface area contributed by atoms with Gasteiger partial charge in [0.15, 0.2) is 0 Å². The van der Waals surface area contributed by atoms with E-state index in [9.17, 15) is 22.8 Å². The van der Waals surface area contributed by atoms with Crippen molar-refractivity contribution < 1.29 is 22.8 Å². The van der Waals surface area contributed by atoms with E-state index in [0.29, 0.717) is 31.9 Å². The van der Waals surface area contributed by atoms with Gasteiger partial charge in [0, 0.05) is 43.0 Å². The summed E-state index contributed by atoms with van der Waals surface area (Å²) in [7, 11) is -3.66. The van der Waals surface area contributed by atoms with Crippen LogP contribution >= 0.6 is 0 Å². The molecule has 2 aromatic rings. The first-order chi connectivity index (χ1) is 15.4. The van der Waals surface area contributed by atoms with Crippen LogP contribution in [0.5, 0.6) is 0 Å². The van der Waals surface area contributed by atoms with Crippen LogP contribution in [0.25, 0.3) is 0 Å². The Labute approximate surface area is 185 Å². The summed E-state index contributed by atoms with van der Waals surface area (Å²) in [6, 6.07) is 11.9. The number of amides is 4. The highest BCUT2D eigenvalue weighted by atomic mass is 32.2. The van der Waals surface area contributed by atoms with Crippen LogP contribution in [0.1, 0.15) is 33.6 Å². The molecule has 32 heavy (non-hydrogen) atoms. The zero-order valence-electron chi connectivity index (χ0n) is 17.2. The maximum atomic E-state index is 12.7. The average Bonchev–Trinajstić information content (AvgIpc) is 3.50. The van der Waals surface area contributed by atoms with Gasteiger partial charge in [0.1, 0.15) is 0 Å². The molecule has 0 aromatic heterocycles. The van der Waals surface area contributed by atoms with Crippen molar-refractivity contribution in [2.45, 2.75) is 17.7 Å². The largest absolute Gasteiger partial charge is 0.336 e. The molecule has 2 aliphatic rings. The smallest absolute Gasteiger partial charge is 0.321 e. The number of hydrogen-bond donors (Lipinski definition) is 3. The second kappa shape index (κ2) is 8.97. The van der Waals surface area contributed by atoms with E-state index in [-0.39, 0.29) is 22.1 Å². The van der Waals surface area contributed by atoms with Gasteiger partial charge < -0.3 is 5.32 Å². The molecule has 0 saturated carbocycles. The third kappa shape index (κ3) is 4.43. The Balaban J connectivity index is 1.42. The third-order valence-corrected chi connectivity index (χ3v) is 7.26. The van der Waals surface area contributed by atoms with E-state index in [1.165, 1.54) is 33.5 Å². The molecule has 168 valence electrons. The lowest BCUT2D eigenvalue weighted by Crippen LogP contribution is -2.41. The van der Waals surface area contributed by atoms with E-state index in [2.05, 4.69) is 16.2 Å². The average molecular weight is 458 g/mol. The van der Waals surface area contributed by atoms with Crippen LogP contribution < -0.4 is 21.1 Å². The fraction of sp³-hybridized carbons (Fsp3) is 0.286. The summed E-state index contributed by atoms with van der Waals surface area (Å²) in [5.74, 6) is -1.22. The predicted molar refractivity (Wildman–Crippen MR) is 117 cm³/mol. The van der Waals surface area contributed by atoms with E-state index in [1.54, 1.807) is 24.3 Å². The van der Waals surface area contributed by atoms with E-state index in [4.69, 9.17) is 0 Å². The van der Waals surface area contributed by atoms with Crippen molar-refractivity contribution in [3.05, 3.63) is 59.7 Å². The number of nitrogens with zero attached hydrogens (tertiary/aromatic N) is 2. The number of urea groups is 1. The monoisotopic (exact) mass is 457 g/mol. The number of benzene rings is 2. The van der Waals surface area contributed by atoms with Crippen molar-refractivity contribution in [1.29, 1.82) is 0 Å². The summed E-state index contributed by atoms with van der Waals surface area (Å²) in [6.45, 7) is 1.95. The summed E-state index contributed by atoms with van der Waals surface area (Å²) in [4.78, 5) is 38.4. The standard InChI is InChI=1S/C21H23N5O5S/c27-19(15-5-3-7-17(13-15)26-12-9-22-21(26)29)23-24-20(28)16-6-4-8-18(14-16)32(30,31)25-10-1-2-11-25/h3-8,13-14H,1-2,9-12H2,(H,22,29)(H,23,27)(H,24,28). The molecule has 2 saturated heterocycles. The second-order valence-electron chi connectivity index (χ2n) is 7.48. The number of sulfonamides is 1. The molecular formula is C21H23N5O5S.